The number of anilines is 2. The van der Waals surface area contributed by atoms with Crippen LogP contribution in [0.5, 0.6) is 0 Å². The smallest absolute Gasteiger partial charge is 0.159 e. The Hall–Kier alpha value is -0.880. The zero-order valence-electron chi connectivity index (χ0n) is 10.7. The quantitative estimate of drug-likeness (QED) is 0.588. The SMILES string of the molecule is CC1(CNc2ncnc(NN)c2Br)CCCCC1. The summed E-state index contributed by atoms with van der Waals surface area (Å²) in [5.74, 6) is 6.78. The average molecular weight is 314 g/mol. The highest BCUT2D eigenvalue weighted by molar-refractivity contribution is 9.10. The van der Waals surface area contributed by atoms with Crippen molar-refractivity contribution >= 4 is 27.6 Å². The predicted molar refractivity (Wildman–Crippen MR) is 77.2 cm³/mol. The maximum atomic E-state index is 5.39. The molecule has 0 amide bonds. The fraction of sp³-hybridized carbons (Fsp3) is 0.667. The second-order valence-corrected chi connectivity index (χ2v) is 6.05. The van der Waals surface area contributed by atoms with Crippen LogP contribution in [-0.2, 0) is 0 Å². The lowest BCUT2D eigenvalue weighted by Crippen LogP contribution is -2.29. The van der Waals surface area contributed by atoms with Gasteiger partial charge in [0.25, 0.3) is 0 Å². The zero-order chi connectivity index (χ0) is 13.0. The summed E-state index contributed by atoms with van der Waals surface area (Å²) in [5.41, 5.74) is 2.92. The molecular formula is C12H20BrN5. The minimum Gasteiger partial charge on any atom is -0.368 e. The zero-order valence-corrected chi connectivity index (χ0v) is 12.3. The number of hydrogen-bond donors (Lipinski definition) is 3. The summed E-state index contributed by atoms with van der Waals surface area (Å²) < 4.78 is 0.784. The first kappa shape index (κ1) is 13.5. The van der Waals surface area contributed by atoms with E-state index in [4.69, 9.17) is 5.84 Å². The molecule has 1 saturated carbocycles. The van der Waals surface area contributed by atoms with E-state index < -0.39 is 0 Å². The van der Waals surface area contributed by atoms with Crippen LogP contribution in [0.1, 0.15) is 39.0 Å². The van der Waals surface area contributed by atoms with Crippen LogP contribution >= 0.6 is 15.9 Å². The summed E-state index contributed by atoms with van der Waals surface area (Å²) in [6, 6.07) is 0. The van der Waals surface area contributed by atoms with Crippen LogP contribution < -0.4 is 16.6 Å². The lowest BCUT2D eigenvalue weighted by molar-refractivity contribution is 0.233. The molecule has 1 aliphatic rings. The van der Waals surface area contributed by atoms with E-state index >= 15 is 0 Å². The van der Waals surface area contributed by atoms with E-state index in [0.717, 1.165) is 16.8 Å². The Balaban J connectivity index is 2.01. The van der Waals surface area contributed by atoms with Crippen LogP contribution in [0.3, 0.4) is 0 Å². The number of nitrogens with one attached hydrogen (secondary N) is 2. The van der Waals surface area contributed by atoms with E-state index in [1.54, 1.807) is 0 Å². The van der Waals surface area contributed by atoms with Gasteiger partial charge in [-0.1, -0.05) is 26.2 Å². The van der Waals surface area contributed by atoms with Gasteiger partial charge in [-0.2, -0.15) is 0 Å². The van der Waals surface area contributed by atoms with Crippen LogP contribution in [0.15, 0.2) is 10.8 Å². The summed E-state index contributed by atoms with van der Waals surface area (Å²) in [4.78, 5) is 8.27. The van der Waals surface area contributed by atoms with Gasteiger partial charge in [0.1, 0.15) is 16.6 Å². The standard InChI is InChI=1S/C12H20BrN5/c1-12(5-3-2-4-6-12)7-15-10-9(13)11(18-14)17-8-16-10/h8H,2-7,14H2,1H3,(H2,15,16,17,18). The van der Waals surface area contributed by atoms with Crippen molar-refractivity contribution in [3.8, 4) is 0 Å². The molecule has 0 bridgehead atoms. The number of halogens is 1. The number of nitrogen functional groups attached to an aromatic ring is 1. The Morgan fingerprint density at radius 1 is 1.28 bits per heavy atom. The number of hydrogen-bond acceptors (Lipinski definition) is 5. The highest BCUT2D eigenvalue weighted by Crippen LogP contribution is 2.36. The van der Waals surface area contributed by atoms with Crippen LogP contribution in [0.25, 0.3) is 0 Å². The molecule has 18 heavy (non-hydrogen) atoms. The van der Waals surface area contributed by atoms with Gasteiger partial charge in [-0.05, 0) is 34.2 Å². The lowest BCUT2D eigenvalue weighted by Gasteiger charge is -2.33. The van der Waals surface area contributed by atoms with Crippen molar-refractivity contribution in [1.29, 1.82) is 0 Å². The lowest BCUT2D eigenvalue weighted by atomic mass is 9.76. The van der Waals surface area contributed by atoms with Crippen molar-refractivity contribution in [2.75, 3.05) is 17.3 Å². The normalized spacial score (nSPS) is 18.4. The maximum Gasteiger partial charge on any atom is 0.159 e. The highest BCUT2D eigenvalue weighted by Gasteiger charge is 2.26. The van der Waals surface area contributed by atoms with E-state index in [1.165, 1.54) is 38.4 Å². The van der Waals surface area contributed by atoms with Gasteiger partial charge >= 0.3 is 0 Å². The number of nitrogens with zero attached hydrogens (tertiary/aromatic N) is 2. The fourth-order valence-corrected chi connectivity index (χ4v) is 2.93. The summed E-state index contributed by atoms with van der Waals surface area (Å²) in [6.07, 6.45) is 8.10. The molecule has 0 aromatic carbocycles. The maximum absolute atomic E-state index is 5.39. The molecule has 0 unspecified atom stereocenters. The van der Waals surface area contributed by atoms with E-state index in [2.05, 4.69) is 43.6 Å². The summed E-state index contributed by atoms with van der Waals surface area (Å²) in [7, 11) is 0. The van der Waals surface area contributed by atoms with Crippen LogP contribution in [-0.4, -0.2) is 16.5 Å². The van der Waals surface area contributed by atoms with Crippen LogP contribution in [0.4, 0.5) is 11.6 Å². The molecule has 0 atom stereocenters. The van der Waals surface area contributed by atoms with E-state index in [-0.39, 0.29) is 0 Å². The third-order valence-electron chi connectivity index (χ3n) is 3.67. The second-order valence-electron chi connectivity index (χ2n) is 5.25. The molecule has 0 saturated heterocycles. The van der Waals surface area contributed by atoms with Crippen molar-refractivity contribution in [3.05, 3.63) is 10.8 Å². The molecule has 0 spiro atoms. The van der Waals surface area contributed by atoms with Crippen molar-refractivity contribution in [3.63, 3.8) is 0 Å². The predicted octanol–water partition coefficient (Wildman–Crippen LogP) is 2.91. The van der Waals surface area contributed by atoms with Gasteiger partial charge in [0.15, 0.2) is 5.82 Å². The van der Waals surface area contributed by atoms with E-state index in [1.807, 2.05) is 0 Å². The second kappa shape index (κ2) is 5.84. The Kier molecular flexibility index (Phi) is 4.40. The minimum atomic E-state index is 0.374. The van der Waals surface area contributed by atoms with Gasteiger partial charge in [-0.15, -0.1) is 0 Å². The topological polar surface area (TPSA) is 75.9 Å². The molecule has 5 nitrogen and oxygen atoms in total. The van der Waals surface area contributed by atoms with Crippen molar-refractivity contribution in [2.45, 2.75) is 39.0 Å². The van der Waals surface area contributed by atoms with E-state index in [9.17, 15) is 0 Å². The molecule has 0 radical (unpaired) electrons. The van der Waals surface area contributed by atoms with Gasteiger partial charge in [0.2, 0.25) is 0 Å². The van der Waals surface area contributed by atoms with Gasteiger partial charge in [-0.25, -0.2) is 15.8 Å². The summed E-state index contributed by atoms with van der Waals surface area (Å²) >= 11 is 3.45. The Morgan fingerprint density at radius 3 is 2.61 bits per heavy atom. The number of rotatable bonds is 4. The molecular weight excluding hydrogens is 294 g/mol. The minimum absolute atomic E-state index is 0.374. The third kappa shape index (κ3) is 3.11. The average Bonchev–Trinajstić information content (AvgIpc) is 2.38. The Morgan fingerprint density at radius 2 is 1.94 bits per heavy atom. The molecule has 1 aromatic heterocycles. The monoisotopic (exact) mass is 313 g/mol. The van der Waals surface area contributed by atoms with Crippen LogP contribution in [0, 0.1) is 5.41 Å². The molecule has 1 heterocycles. The molecule has 0 aliphatic heterocycles. The van der Waals surface area contributed by atoms with Crippen molar-refractivity contribution in [1.82, 2.24) is 9.97 Å². The summed E-state index contributed by atoms with van der Waals surface area (Å²) in [6.45, 7) is 3.28. The molecule has 1 aromatic rings. The van der Waals surface area contributed by atoms with Crippen LogP contribution in [0.2, 0.25) is 0 Å². The highest BCUT2D eigenvalue weighted by atomic mass is 79.9. The first-order valence-electron chi connectivity index (χ1n) is 6.36. The molecule has 1 aliphatic carbocycles. The molecule has 2 rings (SSSR count). The molecule has 100 valence electrons. The number of hydrazine groups is 1. The largest absolute Gasteiger partial charge is 0.368 e. The van der Waals surface area contributed by atoms with E-state index in [0.29, 0.717) is 11.2 Å². The Bertz CT molecular complexity index is 403. The van der Waals surface area contributed by atoms with Crippen molar-refractivity contribution < 1.29 is 0 Å². The molecule has 1 fully saturated rings. The first-order valence-corrected chi connectivity index (χ1v) is 7.15. The van der Waals surface area contributed by atoms with Gasteiger partial charge in [-0.3, -0.25) is 0 Å². The number of nitrogens with two attached hydrogens (primary N) is 1. The first-order chi connectivity index (χ1) is 8.64. The number of aromatic nitrogens is 2. The Labute approximate surface area is 116 Å². The van der Waals surface area contributed by atoms with Gasteiger partial charge in [0.05, 0.1) is 0 Å². The molecule has 4 N–H and O–H groups in total. The van der Waals surface area contributed by atoms with Crippen molar-refractivity contribution in [2.24, 2.45) is 11.3 Å². The third-order valence-corrected chi connectivity index (χ3v) is 4.42. The summed E-state index contributed by atoms with van der Waals surface area (Å²) in [5, 5.41) is 3.40. The fourth-order valence-electron chi connectivity index (χ4n) is 2.47. The van der Waals surface area contributed by atoms with Gasteiger partial charge < -0.3 is 10.7 Å². The van der Waals surface area contributed by atoms with Gasteiger partial charge in [0, 0.05) is 6.54 Å². The molecule has 6 heteroatoms.